The number of nitrogens with two attached hydrogens (primary N) is 1. The van der Waals surface area contributed by atoms with E-state index in [2.05, 4.69) is 22.8 Å². The third-order valence-electron chi connectivity index (χ3n) is 2.81. The maximum Gasteiger partial charge on any atom is 0.0480 e. The fourth-order valence-electron chi connectivity index (χ4n) is 1.95. The zero-order valence-electron chi connectivity index (χ0n) is 8.85. The van der Waals surface area contributed by atoms with Crippen LogP contribution in [0.25, 0.3) is 10.9 Å². The summed E-state index contributed by atoms with van der Waals surface area (Å²) < 4.78 is 2.09. The summed E-state index contributed by atoms with van der Waals surface area (Å²) in [7, 11) is 2.01. The van der Waals surface area contributed by atoms with Gasteiger partial charge in [0, 0.05) is 30.9 Å². The summed E-state index contributed by atoms with van der Waals surface area (Å²) in [6.07, 6.45) is 0.601. The number of hydrogen-bond acceptors (Lipinski definition) is 2. The molecule has 0 bridgehead atoms. The van der Waals surface area contributed by atoms with Gasteiger partial charge < -0.3 is 15.4 Å². The van der Waals surface area contributed by atoms with Crippen molar-refractivity contribution in [2.45, 2.75) is 12.5 Å². The van der Waals surface area contributed by atoms with Crippen molar-refractivity contribution in [1.29, 1.82) is 0 Å². The van der Waals surface area contributed by atoms with Crippen LogP contribution in [0.3, 0.4) is 0 Å². The van der Waals surface area contributed by atoms with Crippen LogP contribution in [0.15, 0.2) is 30.3 Å². The maximum absolute atomic E-state index is 8.87. The Morgan fingerprint density at radius 3 is 2.80 bits per heavy atom. The summed E-state index contributed by atoms with van der Waals surface area (Å²) >= 11 is 0. The average Bonchev–Trinajstić information content (AvgIpc) is 2.57. The Morgan fingerprint density at radius 2 is 2.13 bits per heavy atom. The second-order valence-electron chi connectivity index (χ2n) is 3.81. The third kappa shape index (κ3) is 1.76. The number of aliphatic hydroxyl groups excluding tert-OH is 1. The maximum atomic E-state index is 8.87. The lowest BCUT2D eigenvalue weighted by Gasteiger charge is -2.11. The lowest BCUT2D eigenvalue weighted by atomic mass is 10.1. The van der Waals surface area contributed by atoms with Crippen LogP contribution >= 0.6 is 0 Å². The SMILES string of the molecule is Cn1c(C(N)CCO)cc2ccccc21. The highest BCUT2D eigenvalue weighted by Crippen LogP contribution is 2.23. The van der Waals surface area contributed by atoms with Crippen molar-refractivity contribution < 1.29 is 5.11 Å². The molecule has 1 heterocycles. The molecule has 1 aromatic heterocycles. The minimum Gasteiger partial charge on any atom is -0.396 e. The molecule has 0 aliphatic heterocycles. The summed E-state index contributed by atoms with van der Waals surface area (Å²) in [5.74, 6) is 0. The van der Waals surface area contributed by atoms with Crippen LogP contribution in [0, 0.1) is 0 Å². The quantitative estimate of drug-likeness (QED) is 0.797. The summed E-state index contributed by atoms with van der Waals surface area (Å²) in [4.78, 5) is 0. The van der Waals surface area contributed by atoms with Crippen LogP contribution in [-0.2, 0) is 7.05 Å². The van der Waals surface area contributed by atoms with E-state index in [9.17, 15) is 0 Å². The molecule has 0 aliphatic rings. The molecule has 0 amide bonds. The summed E-state index contributed by atoms with van der Waals surface area (Å²) in [6.45, 7) is 0.128. The van der Waals surface area contributed by atoms with E-state index in [4.69, 9.17) is 10.8 Å². The number of fused-ring (bicyclic) bond motifs is 1. The van der Waals surface area contributed by atoms with Gasteiger partial charge in [0.25, 0.3) is 0 Å². The van der Waals surface area contributed by atoms with Gasteiger partial charge >= 0.3 is 0 Å². The van der Waals surface area contributed by atoms with Gasteiger partial charge in [0.15, 0.2) is 0 Å². The molecule has 0 radical (unpaired) electrons. The minimum atomic E-state index is -0.0904. The van der Waals surface area contributed by atoms with Crippen molar-refractivity contribution in [1.82, 2.24) is 4.57 Å². The van der Waals surface area contributed by atoms with Crippen LogP contribution in [-0.4, -0.2) is 16.3 Å². The lowest BCUT2D eigenvalue weighted by Crippen LogP contribution is -2.15. The molecular formula is C12H16N2O. The van der Waals surface area contributed by atoms with Crippen LogP contribution in [0.1, 0.15) is 18.2 Å². The Kier molecular flexibility index (Phi) is 2.75. The topological polar surface area (TPSA) is 51.2 Å². The van der Waals surface area contributed by atoms with Gasteiger partial charge in [0.2, 0.25) is 0 Å². The molecule has 1 unspecified atom stereocenters. The fraction of sp³-hybridized carbons (Fsp3) is 0.333. The second kappa shape index (κ2) is 4.04. The molecule has 0 spiro atoms. The normalized spacial score (nSPS) is 13.3. The zero-order chi connectivity index (χ0) is 10.8. The summed E-state index contributed by atoms with van der Waals surface area (Å²) in [6, 6.07) is 10.2. The van der Waals surface area contributed by atoms with Gasteiger partial charge in [-0.1, -0.05) is 18.2 Å². The van der Waals surface area contributed by atoms with Crippen molar-refractivity contribution >= 4 is 10.9 Å². The molecule has 3 heteroatoms. The Labute approximate surface area is 89.1 Å². The van der Waals surface area contributed by atoms with E-state index in [1.807, 2.05) is 19.2 Å². The molecular weight excluding hydrogens is 188 g/mol. The standard InChI is InChI=1S/C12H16N2O/c1-14-11-5-3-2-4-9(11)8-12(14)10(13)6-7-15/h2-5,8,10,15H,6-7,13H2,1H3. The van der Waals surface area contributed by atoms with Gasteiger partial charge in [-0.25, -0.2) is 0 Å². The van der Waals surface area contributed by atoms with Crippen molar-refractivity contribution in [3.8, 4) is 0 Å². The van der Waals surface area contributed by atoms with E-state index >= 15 is 0 Å². The lowest BCUT2D eigenvalue weighted by molar-refractivity contribution is 0.275. The predicted octanol–water partition coefficient (Wildman–Crippen LogP) is 1.56. The molecule has 80 valence electrons. The van der Waals surface area contributed by atoms with E-state index in [-0.39, 0.29) is 12.6 Å². The second-order valence-corrected chi connectivity index (χ2v) is 3.81. The number of para-hydroxylation sites is 1. The van der Waals surface area contributed by atoms with Crippen molar-refractivity contribution in [2.75, 3.05) is 6.61 Å². The number of nitrogens with zero attached hydrogens (tertiary/aromatic N) is 1. The van der Waals surface area contributed by atoms with Crippen molar-refractivity contribution in [3.05, 3.63) is 36.0 Å². The van der Waals surface area contributed by atoms with Gasteiger partial charge in [-0.3, -0.25) is 0 Å². The molecule has 2 aromatic rings. The van der Waals surface area contributed by atoms with Crippen LogP contribution < -0.4 is 5.73 Å². The van der Waals surface area contributed by atoms with Crippen molar-refractivity contribution in [3.63, 3.8) is 0 Å². The van der Waals surface area contributed by atoms with Gasteiger partial charge in [-0.05, 0) is 23.9 Å². The minimum absolute atomic E-state index is 0.0904. The van der Waals surface area contributed by atoms with E-state index in [1.165, 1.54) is 10.9 Å². The largest absolute Gasteiger partial charge is 0.396 e. The monoisotopic (exact) mass is 204 g/mol. The molecule has 15 heavy (non-hydrogen) atoms. The number of aliphatic hydroxyl groups is 1. The first-order chi connectivity index (χ1) is 7.24. The molecule has 1 aromatic carbocycles. The Bertz CT molecular complexity index is 462. The third-order valence-corrected chi connectivity index (χ3v) is 2.81. The zero-order valence-corrected chi connectivity index (χ0v) is 8.85. The molecule has 3 nitrogen and oxygen atoms in total. The van der Waals surface area contributed by atoms with Gasteiger partial charge in [-0.15, -0.1) is 0 Å². The Hall–Kier alpha value is -1.32. The number of rotatable bonds is 3. The smallest absolute Gasteiger partial charge is 0.0480 e. The average molecular weight is 204 g/mol. The highest BCUT2D eigenvalue weighted by molar-refractivity contribution is 5.81. The predicted molar refractivity (Wildman–Crippen MR) is 61.6 cm³/mol. The van der Waals surface area contributed by atoms with E-state index < -0.39 is 0 Å². The Balaban J connectivity index is 2.48. The molecule has 2 rings (SSSR count). The van der Waals surface area contributed by atoms with Gasteiger partial charge in [0.05, 0.1) is 0 Å². The van der Waals surface area contributed by atoms with Gasteiger partial charge in [-0.2, -0.15) is 0 Å². The van der Waals surface area contributed by atoms with Crippen molar-refractivity contribution in [2.24, 2.45) is 12.8 Å². The first-order valence-corrected chi connectivity index (χ1v) is 5.15. The first kappa shape index (κ1) is 10.2. The van der Waals surface area contributed by atoms with Crippen LogP contribution in [0.5, 0.6) is 0 Å². The van der Waals surface area contributed by atoms with Crippen LogP contribution in [0.4, 0.5) is 0 Å². The summed E-state index contributed by atoms with van der Waals surface area (Å²) in [5.41, 5.74) is 8.25. The highest BCUT2D eigenvalue weighted by Gasteiger charge is 2.11. The molecule has 1 atom stereocenters. The van der Waals surface area contributed by atoms with Crippen LogP contribution in [0.2, 0.25) is 0 Å². The molecule has 0 saturated heterocycles. The summed E-state index contributed by atoms with van der Waals surface area (Å²) in [5, 5.41) is 10.1. The number of hydrogen-bond donors (Lipinski definition) is 2. The first-order valence-electron chi connectivity index (χ1n) is 5.15. The number of benzene rings is 1. The van der Waals surface area contributed by atoms with E-state index in [1.54, 1.807) is 0 Å². The molecule has 3 N–H and O–H groups in total. The van der Waals surface area contributed by atoms with E-state index in [0.29, 0.717) is 6.42 Å². The molecule has 0 aliphatic carbocycles. The van der Waals surface area contributed by atoms with E-state index in [0.717, 1.165) is 5.69 Å². The highest BCUT2D eigenvalue weighted by atomic mass is 16.3. The fourth-order valence-corrected chi connectivity index (χ4v) is 1.95. The number of aromatic nitrogens is 1. The number of aryl methyl sites for hydroxylation is 1. The molecule has 0 fully saturated rings. The Morgan fingerprint density at radius 1 is 1.40 bits per heavy atom. The molecule has 0 saturated carbocycles. The van der Waals surface area contributed by atoms with Gasteiger partial charge in [0.1, 0.15) is 0 Å².